The maximum atomic E-state index is 3.61. The Morgan fingerprint density at radius 2 is 1.67 bits per heavy atom. The summed E-state index contributed by atoms with van der Waals surface area (Å²) in [6, 6.07) is 2.91. The molecule has 0 aliphatic carbocycles. The highest BCUT2D eigenvalue weighted by Gasteiger charge is 2.21. The molecule has 0 aromatic heterocycles. The molecule has 1 nitrogen and oxygen atoms in total. The fourth-order valence-electron chi connectivity index (χ4n) is 2.70. The van der Waals surface area contributed by atoms with Gasteiger partial charge in [0.05, 0.1) is 0 Å². The molecule has 0 bridgehead atoms. The van der Waals surface area contributed by atoms with E-state index in [0.29, 0.717) is 6.04 Å². The molecule has 1 aromatic rings. The molecule has 1 unspecified atom stereocenters. The number of hydrogen-bond donors (Lipinski definition) is 1. The number of rotatable bonds is 1. The summed E-state index contributed by atoms with van der Waals surface area (Å²) in [4.78, 5) is 0. The second-order valence-electron chi connectivity index (χ2n) is 4.82. The highest BCUT2D eigenvalue weighted by Crippen LogP contribution is 2.31. The van der Waals surface area contributed by atoms with Crippen molar-refractivity contribution in [2.45, 2.75) is 46.6 Å². The van der Waals surface area contributed by atoms with E-state index in [4.69, 9.17) is 0 Å². The Bertz CT molecular complexity index is 347. The van der Waals surface area contributed by atoms with Crippen molar-refractivity contribution in [2.75, 3.05) is 6.54 Å². The Labute approximate surface area is 92.9 Å². The highest BCUT2D eigenvalue weighted by molar-refractivity contribution is 5.45. The molecule has 1 N–H and O–H groups in total. The molecule has 1 saturated heterocycles. The van der Waals surface area contributed by atoms with Crippen LogP contribution in [0.25, 0.3) is 0 Å². The third-order valence-electron chi connectivity index (χ3n) is 3.83. The van der Waals surface area contributed by atoms with Crippen molar-refractivity contribution in [2.24, 2.45) is 0 Å². The van der Waals surface area contributed by atoms with Crippen LogP contribution in [-0.2, 0) is 0 Å². The van der Waals surface area contributed by atoms with Crippen molar-refractivity contribution in [1.82, 2.24) is 5.32 Å². The smallest absolute Gasteiger partial charge is 0.0326 e. The van der Waals surface area contributed by atoms with E-state index in [1.165, 1.54) is 41.6 Å². The summed E-state index contributed by atoms with van der Waals surface area (Å²) in [5.41, 5.74) is 7.39. The lowest BCUT2D eigenvalue weighted by atomic mass is 9.89. The van der Waals surface area contributed by atoms with Crippen molar-refractivity contribution >= 4 is 0 Å². The van der Waals surface area contributed by atoms with Gasteiger partial charge in [0.15, 0.2) is 0 Å². The lowest BCUT2D eigenvalue weighted by Gasteiger charge is -2.20. The zero-order valence-electron chi connectivity index (χ0n) is 10.3. The van der Waals surface area contributed by atoms with E-state index >= 15 is 0 Å². The van der Waals surface area contributed by atoms with Crippen LogP contribution in [0.3, 0.4) is 0 Å². The Morgan fingerprint density at radius 3 is 2.13 bits per heavy atom. The highest BCUT2D eigenvalue weighted by atomic mass is 14.9. The van der Waals surface area contributed by atoms with Crippen molar-refractivity contribution < 1.29 is 0 Å². The van der Waals surface area contributed by atoms with Gasteiger partial charge in [-0.25, -0.2) is 0 Å². The van der Waals surface area contributed by atoms with Crippen LogP contribution in [0.1, 0.15) is 46.7 Å². The second-order valence-corrected chi connectivity index (χ2v) is 4.82. The van der Waals surface area contributed by atoms with Crippen LogP contribution in [0.4, 0.5) is 0 Å². The SMILES string of the molecule is Cc1cc(C)c(C)c(C2CCCN2)c1C. The van der Waals surface area contributed by atoms with Gasteiger partial charge in [0, 0.05) is 6.04 Å². The molecule has 82 valence electrons. The Hall–Kier alpha value is -0.820. The number of benzene rings is 1. The molecule has 0 radical (unpaired) electrons. The van der Waals surface area contributed by atoms with Crippen molar-refractivity contribution in [3.63, 3.8) is 0 Å². The molecule has 1 aliphatic rings. The Morgan fingerprint density at radius 1 is 1.07 bits per heavy atom. The van der Waals surface area contributed by atoms with E-state index < -0.39 is 0 Å². The van der Waals surface area contributed by atoms with Gasteiger partial charge in [-0.2, -0.15) is 0 Å². The van der Waals surface area contributed by atoms with Gasteiger partial charge in [-0.1, -0.05) is 6.07 Å². The molecule has 0 saturated carbocycles. The van der Waals surface area contributed by atoms with Gasteiger partial charge in [-0.3, -0.25) is 0 Å². The van der Waals surface area contributed by atoms with Crippen molar-refractivity contribution in [1.29, 1.82) is 0 Å². The van der Waals surface area contributed by atoms with Gasteiger partial charge in [0.2, 0.25) is 0 Å². The molecule has 2 rings (SSSR count). The lowest BCUT2D eigenvalue weighted by molar-refractivity contribution is 0.638. The van der Waals surface area contributed by atoms with E-state index in [2.05, 4.69) is 39.1 Å². The summed E-state index contributed by atoms with van der Waals surface area (Å²) in [6.45, 7) is 10.1. The van der Waals surface area contributed by atoms with E-state index in [-0.39, 0.29) is 0 Å². The number of aryl methyl sites for hydroxylation is 2. The van der Waals surface area contributed by atoms with E-state index in [9.17, 15) is 0 Å². The van der Waals surface area contributed by atoms with Crippen LogP contribution >= 0.6 is 0 Å². The first kappa shape index (κ1) is 10.7. The molecule has 1 aromatic carbocycles. The summed E-state index contributed by atoms with van der Waals surface area (Å²) in [6.07, 6.45) is 2.61. The fourth-order valence-corrected chi connectivity index (χ4v) is 2.70. The maximum Gasteiger partial charge on any atom is 0.0326 e. The number of hydrogen-bond acceptors (Lipinski definition) is 1. The predicted octanol–water partition coefficient (Wildman–Crippen LogP) is 3.34. The first-order chi connectivity index (χ1) is 7.11. The predicted molar refractivity (Wildman–Crippen MR) is 65.4 cm³/mol. The normalized spacial score (nSPS) is 20.9. The lowest BCUT2D eigenvalue weighted by Crippen LogP contribution is -2.16. The maximum absolute atomic E-state index is 3.61. The molecule has 0 spiro atoms. The van der Waals surface area contributed by atoms with Crippen LogP contribution in [0.5, 0.6) is 0 Å². The largest absolute Gasteiger partial charge is 0.310 e. The van der Waals surface area contributed by atoms with Crippen LogP contribution in [0.2, 0.25) is 0 Å². The van der Waals surface area contributed by atoms with Crippen LogP contribution in [0.15, 0.2) is 6.07 Å². The second kappa shape index (κ2) is 3.97. The average molecular weight is 203 g/mol. The molecular formula is C14H21N. The summed E-state index contributed by atoms with van der Waals surface area (Å²) in [5.74, 6) is 0. The minimum Gasteiger partial charge on any atom is -0.310 e. The molecule has 15 heavy (non-hydrogen) atoms. The molecule has 0 amide bonds. The minimum atomic E-state index is 0.601. The standard InChI is InChI=1S/C14H21N/c1-9-8-10(2)12(4)14(11(9)3)13-6-5-7-15-13/h8,13,15H,5-7H2,1-4H3. The summed E-state index contributed by atoms with van der Waals surface area (Å²) < 4.78 is 0. The summed E-state index contributed by atoms with van der Waals surface area (Å²) in [5, 5.41) is 3.61. The molecule has 1 aliphatic heterocycles. The van der Waals surface area contributed by atoms with Crippen molar-refractivity contribution in [3.05, 3.63) is 33.9 Å². The monoisotopic (exact) mass is 203 g/mol. The van der Waals surface area contributed by atoms with Crippen molar-refractivity contribution in [3.8, 4) is 0 Å². The van der Waals surface area contributed by atoms with Gasteiger partial charge in [0.1, 0.15) is 0 Å². The molecular weight excluding hydrogens is 182 g/mol. The Kier molecular flexibility index (Phi) is 2.83. The topological polar surface area (TPSA) is 12.0 Å². The zero-order valence-corrected chi connectivity index (χ0v) is 10.3. The molecule has 1 atom stereocenters. The van der Waals surface area contributed by atoms with E-state index in [1.807, 2.05) is 0 Å². The van der Waals surface area contributed by atoms with Gasteiger partial charge in [-0.05, 0) is 74.9 Å². The Balaban J connectivity index is 2.52. The minimum absolute atomic E-state index is 0.601. The van der Waals surface area contributed by atoms with Gasteiger partial charge >= 0.3 is 0 Å². The molecule has 1 heterocycles. The van der Waals surface area contributed by atoms with Gasteiger partial charge in [0.25, 0.3) is 0 Å². The van der Waals surface area contributed by atoms with Crippen LogP contribution in [-0.4, -0.2) is 6.54 Å². The van der Waals surface area contributed by atoms with E-state index in [0.717, 1.165) is 0 Å². The first-order valence-corrected chi connectivity index (χ1v) is 5.92. The molecule has 1 fully saturated rings. The summed E-state index contributed by atoms with van der Waals surface area (Å²) >= 11 is 0. The fraction of sp³-hybridized carbons (Fsp3) is 0.571. The first-order valence-electron chi connectivity index (χ1n) is 5.92. The van der Waals surface area contributed by atoms with E-state index in [1.54, 1.807) is 5.56 Å². The van der Waals surface area contributed by atoms with Gasteiger partial charge in [-0.15, -0.1) is 0 Å². The third kappa shape index (κ3) is 1.81. The van der Waals surface area contributed by atoms with Crippen LogP contribution in [0, 0.1) is 27.7 Å². The quantitative estimate of drug-likeness (QED) is 0.738. The number of nitrogens with one attached hydrogen (secondary N) is 1. The summed E-state index contributed by atoms with van der Waals surface area (Å²) in [7, 11) is 0. The average Bonchev–Trinajstić information content (AvgIpc) is 2.69. The molecule has 1 heteroatoms. The van der Waals surface area contributed by atoms with Gasteiger partial charge < -0.3 is 5.32 Å². The zero-order chi connectivity index (χ0) is 11.0. The third-order valence-corrected chi connectivity index (χ3v) is 3.83. The van der Waals surface area contributed by atoms with Crippen LogP contribution < -0.4 is 5.32 Å².